The summed E-state index contributed by atoms with van der Waals surface area (Å²) in [6.45, 7) is 5.22. The Morgan fingerprint density at radius 3 is 2.84 bits per heavy atom. The third-order valence-corrected chi connectivity index (χ3v) is 3.82. The minimum absolute atomic E-state index is 0.0739. The SMILES string of the molecule is C=C(/C=C\C1=CC(=C\CCN(C)C)/c2ccccc2CO1)CC(=O)O. The van der Waals surface area contributed by atoms with Gasteiger partial charge in [-0.25, -0.2) is 0 Å². The fraction of sp³-hybridized carbons (Fsp3) is 0.286. The molecule has 0 radical (unpaired) electrons. The molecular weight excluding hydrogens is 314 g/mol. The number of hydrogen-bond donors (Lipinski definition) is 1. The topological polar surface area (TPSA) is 49.8 Å². The van der Waals surface area contributed by atoms with Gasteiger partial charge in [0, 0.05) is 6.54 Å². The van der Waals surface area contributed by atoms with E-state index in [1.54, 1.807) is 12.2 Å². The molecule has 0 atom stereocenters. The van der Waals surface area contributed by atoms with Gasteiger partial charge in [0.1, 0.15) is 12.4 Å². The first-order valence-electron chi connectivity index (χ1n) is 8.31. The average Bonchev–Trinajstić information content (AvgIpc) is 2.72. The lowest BCUT2D eigenvalue weighted by Crippen LogP contribution is -2.12. The van der Waals surface area contributed by atoms with Crippen LogP contribution in [0.15, 0.2) is 66.5 Å². The van der Waals surface area contributed by atoms with Crippen LogP contribution in [0.4, 0.5) is 0 Å². The van der Waals surface area contributed by atoms with Crippen molar-refractivity contribution >= 4 is 11.5 Å². The van der Waals surface area contributed by atoms with E-state index in [1.165, 1.54) is 5.56 Å². The first kappa shape index (κ1) is 18.7. The number of carbonyl (C=O) groups is 1. The quantitative estimate of drug-likeness (QED) is 0.762. The second-order valence-corrected chi connectivity index (χ2v) is 6.31. The van der Waals surface area contributed by atoms with Gasteiger partial charge in [-0.15, -0.1) is 0 Å². The number of carboxylic acid groups (broad SMARTS) is 1. The van der Waals surface area contributed by atoms with Crippen molar-refractivity contribution in [2.45, 2.75) is 19.4 Å². The van der Waals surface area contributed by atoms with Crippen LogP contribution in [-0.2, 0) is 16.1 Å². The molecule has 0 unspecified atom stereocenters. The van der Waals surface area contributed by atoms with Gasteiger partial charge in [-0.05, 0) is 54.9 Å². The molecule has 4 heteroatoms. The monoisotopic (exact) mass is 339 g/mol. The Hall–Kier alpha value is -2.59. The lowest BCUT2D eigenvalue weighted by molar-refractivity contribution is -0.136. The Balaban J connectivity index is 2.24. The minimum atomic E-state index is -0.887. The van der Waals surface area contributed by atoms with Gasteiger partial charge in [0.2, 0.25) is 0 Å². The van der Waals surface area contributed by atoms with Crippen molar-refractivity contribution in [2.24, 2.45) is 0 Å². The zero-order chi connectivity index (χ0) is 18.2. The summed E-state index contributed by atoms with van der Waals surface area (Å²) in [4.78, 5) is 12.9. The lowest BCUT2D eigenvalue weighted by Gasteiger charge is -2.09. The van der Waals surface area contributed by atoms with Gasteiger partial charge < -0.3 is 14.7 Å². The highest BCUT2D eigenvalue weighted by molar-refractivity contribution is 5.77. The molecule has 1 heterocycles. The van der Waals surface area contributed by atoms with Crippen LogP contribution in [0.2, 0.25) is 0 Å². The van der Waals surface area contributed by atoms with E-state index in [0.717, 1.165) is 24.1 Å². The number of allylic oxidation sites excluding steroid dienone is 4. The van der Waals surface area contributed by atoms with Crippen LogP contribution in [0, 0.1) is 0 Å². The molecule has 0 saturated heterocycles. The second-order valence-electron chi connectivity index (χ2n) is 6.31. The van der Waals surface area contributed by atoms with Gasteiger partial charge in [0.15, 0.2) is 0 Å². The standard InChI is InChI=1S/C21H25NO3/c1-16(13-21(23)24)10-11-19-14-17(8-6-12-22(2)3)20-9-5-4-7-18(20)15-25-19/h4-5,7-11,14H,1,6,12-13,15H2,2-3H3,(H,23,24)/b11-10-,17-8+. The predicted octanol–water partition coefficient (Wildman–Crippen LogP) is 4.02. The largest absolute Gasteiger partial charge is 0.489 e. The second kappa shape index (κ2) is 9.04. The molecule has 0 spiro atoms. The summed E-state index contributed by atoms with van der Waals surface area (Å²) in [7, 11) is 4.11. The summed E-state index contributed by atoms with van der Waals surface area (Å²) >= 11 is 0. The summed E-state index contributed by atoms with van der Waals surface area (Å²) < 4.78 is 5.88. The summed E-state index contributed by atoms with van der Waals surface area (Å²) in [6.07, 6.45) is 8.58. The van der Waals surface area contributed by atoms with Crippen molar-refractivity contribution < 1.29 is 14.6 Å². The first-order chi connectivity index (χ1) is 12.0. The number of fused-ring (bicyclic) bond motifs is 1. The van der Waals surface area contributed by atoms with Crippen LogP contribution in [0.5, 0.6) is 0 Å². The molecule has 132 valence electrons. The van der Waals surface area contributed by atoms with Crippen molar-refractivity contribution in [3.05, 3.63) is 77.6 Å². The lowest BCUT2D eigenvalue weighted by atomic mass is 9.99. The van der Waals surface area contributed by atoms with Crippen LogP contribution >= 0.6 is 0 Å². The Bertz CT molecular complexity index is 726. The van der Waals surface area contributed by atoms with Crippen LogP contribution in [0.3, 0.4) is 0 Å². The van der Waals surface area contributed by atoms with Crippen molar-refractivity contribution in [3.63, 3.8) is 0 Å². The van der Waals surface area contributed by atoms with E-state index in [1.807, 2.05) is 18.2 Å². The Morgan fingerprint density at radius 1 is 1.36 bits per heavy atom. The molecule has 1 aliphatic rings. The van der Waals surface area contributed by atoms with Gasteiger partial charge in [0.05, 0.1) is 6.42 Å². The van der Waals surface area contributed by atoms with E-state index in [2.05, 4.69) is 43.8 Å². The van der Waals surface area contributed by atoms with Crippen molar-refractivity contribution in [1.82, 2.24) is 4.90 Å². The maximum atomic E-state index is 10.7. The summed E-state index contributed by atoms with van der Waals surface area (Å²) in [5.41, 5.74) is 3.98. The molecule has 4 nitrogen and oxygen atoms in total. The zero-order valence-electron chi connectivity index (χ0n) is 14.9. The number of hydrogen-bond acceptors (Lipinski definition) is 3. The molecule has 0 aliphatic carbocycles. The molecule has 0 amide bonds. The number of ether oxygens (including phenoxy) is 1. The maximum Gasteiger partial charge on any atom is 0.307 e. The van der Waals surface area contributed by atoms with Crippen LogP contribution < -0.4 is 0 Å². The molecule has 0 fully saturated rings. The van der Waals surface area contributed by atoms with Gasteiger partial charge in [-0.1, -0.05) is 43.0 Å². The van der Waals surface area contributed by atoms with E-state index >= 15 is 0 Å². The van der Waals surface area contributed by atoms with Crippen LogP contribution in [0.25, 0.3) is 5.57 Å². The van der Waals surface area contributed by atoms with Gasteiger partial charge >= 0.3 is 5.97 Å². The Morgan fingerprint density at radius 2 is 2.12 bits per heavy atom. The van der Waals surface area contributed by atoms with Crippen molar-refractivity contribution in [2.75, 3.05) is 20.6 Å². The number of carboxylic acids is 1. The number of aliphatic carboxylic acids is 1. The van der Waals surface area contributed by atoms with Gasteiger partial charge in [0.25, 0.3) is 0 Å². The molecule has 0 saturated carbocycles. The third-order valence-electron chi connectivity index (χ3n) is 3.82. The number of rotatable bonds is 7. The van der Waals surface area contributed by atoms with Gasteiger partial charge in [-0.3, -0.25) is 4.79 Å². The van der Waals surface area contributed by atoms with Crippen molar-refractivity contribution in [3.8, 4) is 0 Å². The molecule has 0 aromatic heterocycles. The molecule has 1 aromatic rings. The number of benzene rings is 1. The van der Waals surface area contributed by atoms with Gasteiger partial charge in [-0.2, -0.15) is 0 Å². The van der Waals surface area contributed by atoms with Crippen LogP contribution in [-0.4, -0.2) is 36.6 Å². The molecule has 1 aromatic carbocycles. The molecule has 25 heavy (non-hydrogen) atoms. The van der Waals surface area contributed by atoms with Crippen LogP contribution in [0.1, 0.15) is 24.0 Å². The highest BCUT2D eigenvalue weighted by atomic mass is 16.5. The summed E-state index contributed by atoms with van der Waals surface area (Å²) in [6, 6.07) is 8.21. The predicted molar refractivity (Wildman–Crippen MR) is 101 cm³/mol. The Kier molecular flexibility index (Phi) is 6.78. The normalized spacial score (nSPS) is 15.6. The van der Waals surface area contributed by atoms with E-state index in [4.69, 9.17) is 9.84 Å². The summed E-state index contributed by atoms with van der Waals surface area (Å²) in [5, 5.41) is 8.81. The van der Waals surface area contributed by atoms with Crippen molar-refractivity contribution in [1.29, 1.82) is 0 Å². The highest BCUT2D eigenvalue weighted by Crippen LogP contribution is 2.28. The Labute approximate surface area is 149 Å². The molecule has 0 bridgehead atoms. The number of nitrogens with zero attached hydrogens (tertiary/aromatic N) is 1. The minimum Gasteiger partial charge on any atom is -0.489 e. The molecular formula is C21H25NO3. The first-order valence-corrected chi connectivity index (χ1v) is 8.31. The molecule has 1 aliphatic heterocycles. The van der Waals surface area contributed by atoms with E-state index < -0.39 is 5.97 Å². The zero-order valence-corrected chi connectivity index (χ0v) is 14.9. The molecule has 1 N–H and O–H groups in total. The third kappa shape index (κ3) is 6.08. The highest BCUT2D eigenvalue weighted by Gasteiger charge is 2.12. The average molecular weight is 339 g/mol. The van der Waals surface area contributed by atoms with E-state index in [-0.39, 0.29) is 6.42 Å². The molecule has 2 rings (SSSR count). The smallest absolute Gasteiger partial charge is 0.307 e. The van der Waals surface area contributed by atoms with E-state index in [0.29, 0.717) is 17.9 Å². The summed E-state index contributed by atoms with van der Waals surface area (Å²) in [5.74, 6) is -0.180. The fourth-order valence-corrected chi connectivity index (χ4v) is 2.56. The van der Waals surface area contributed by atoms with E-state index in [9.17, 15) is 4.79 Å². The maximum absolute atomic E-state index is 10.7. The fourth-order valence-electron chi connectivity index (χ4n) is 2.56.